The zero-order valence-electron chi connectivity index (χ0n) is 16.6. The van der Waals surface area contributed by atoms with E-state index in [2.05, 4.69) is 0 Å². The van der Waals surface area contributed by atoms with Gasteiger partial charge in [-0.25, -0.2) is 17.7 Å². The maximum absolute atomic E-state index is 13.6. The zero-order valence-corrected chi connectivity index (χ0v) is 17.4. The molecule has 1 saturated heterocycles. The molecule has 2 amide bonds. The number of hydrogen-bond acceptors (Lipinski definition) is 4. The molecular weight excluding hydrogens is 407 g/mol. The fraction of sp³-hybridized carbons (Fsp3) is 0.364. The highest BCUT2D eigenvalue weighted by Crippen LogP contribution is 2.35. The number of imide groups is 1. The minimum absolute atomic E-state index is 0.112. The molecule has 0 aromatic heterocycles. The van der Waals surface area contributed by atoms with Crippen LogP contribution in [0.1, 0.15) is 37.7 Å². The predicted octanol–water partition coefficient (Wildman–Crippen LogP) is 3.40. The molecule has 1 atom stereocenters. The predicted molar refractivity (Wildman–Crippen MR) is 110 cm³/mol. The molecule has 2 fully saturated rings. The number of rotatable bonds is 5. The van der Waals surface area contributed by atoms with Gasteiger partial charge in [0.05, 0.1) is 17.0 Å². The highest BCUT2D eigenvalue weighted by Gasteiger charge is 2.49. The summed E-state index contributed by atoms with van der Waals surface area (Å²) in [7, 11) is -3.98. The Morgan fingerprint density at radius 3 is 2.17 bits per heavy atom. The first kappa shape index (κ1) is 20.7. The summed E-state index contributed by atoms with van der Waals surface area (Å²) in [5, 5.41) is 0. The van der Waals surface area contributed by atoms with Gasteiger partial charge in [0, 0.05) is 6.04 Å². The summed E-state index contributed by atoms with van der Waals surface area (Å²) in [6, 6.07) is 10.1. The van der Waals surface area contributed by atoms with Crippen molar-refractivity contribution in [2.75, 3.05) is 4.90 Å². The van der Waals surface area contributed by atoms with E-state index in [0.717, 1.165) is 23.3 Å². The van der Waals surface area contributed by atoms with Crippen LogP contribution in [0.2, 0.25) is 0 Å². The van der Waals surface area contributed by atoms with Crippen LogP contribution in [0.25, 0.3) is 0 Å². The molecule has 0 N–H and O–H groups in total. The van der Waals surface area contributed by atoms with Crippen molar-refractivity contribution in [3.8, 4) is 0 Å². The van der Waals surface area contributed by atoms with Crippen LogP contribution < -0.4 is 4.90 Å². The number of sulfonamides is 1. The quantitative estimate of drug-likeness (QED) is 0.682. The number of anilines is 1. The van der Waals surface area contributed by atoms with Gasteiger partial charge in [0.25, 0.3) is 5.91 Å². The van der Waals surface area contributed by atoms with Gasteiger partial charge in [-0.2, -0.15) is 4.31 Å². The lowest BCUT2D eigenvalue weighted by Gasteiger charge is -2.32. The smallest absolute Gasteiger partial charge is 0.252 e. The average Bonchev–Trinajstić information content (AvgIpc) is 3.32. The highest BCUT2D eigenvalue weighted by molar-refractivity contribution is 7.89. The first-order valence-corrected chi connectivity index (χ1v) is 11.5. The lowest BCUT2D eigenvalue weighted by atomic mass is 10.2. The Balaban J connectivity index is 1.73. The second-order valence-electron chi connectivity index (χ2n) is 7.85. The van der Waals surface area contributed by atoms with E-state index >= 15 is 0 Å². The maximum atomic E-state index is 13.6. The van der Waals surface area contributed by atoms with Gasteiger partial charge in [-0.05, 0) is 56.2 Å². The Bertz CT molecular complexity index is 1060. The molecule has 8 heteroatoms. The number of benzene rings is 2. The van der Waals surface area contributed by atoms with E-state index in [0.29, 0.717) is 12.8 Å². The minimum Gasteiger partial charge on any atom is -0.274 e. The van der Waals surface area contributed by atoms with Crippen LogP contribution in [0.5, 0.6) is 0 Å². The molecule has 1 heterocycles. The van der Waals surface area contributed by atoms with Crippen LogP contribution in [0, 0.1) is 12.7 Å². The Labute approximate surface area is 175 Å². The zero-order chi connectivity index (χ0) is 21.5. The van der Waals surface area contributed by atoms with E-state index in [1.165, 1.54) is 40.7 Å². The third-order valence-corrected chi connectivity index (χ3v) is 7.77. The van der Waals surface area contributed by atoms with E-state index in [4.69, 9.17) is 0 Å². The summed E-state index contributed by atoms with van der Waals surface area (Å²) < 4.78 is 41.6. The summed E-state index contributed by atoms with van der Waals surface area (Å²) >= 11 is 0. The molecule has 158 valence electrons. The molecule has 4 rings (SSSR count). The number of carbonyl (C=O) groups is 2. The van der Waals surface area contributed by atoms with Crippen LogP contribution in [0.15, 0.2) is 53.4 Å². The highest BCUT2D eigenvalue weighted by atomic mass is 32.2. The third kappa shape index (κ3) is 3.65. The fourth-order valence-corrected chi connectivity index (χ4v) is 6.11. The van der Waals surface area contributed by atoms with Crippen LogP contribution in [0.3, 0.4) is 0 Å². The second kappa shape index (κ2) is 7.92. The van der Waals surface area contributed by atoms with Gasteiger partial charge in [-0.3, -0.25) is 9.59 Å². The van der Waals surface area contributed by atoms with E-state index < -0.39 is 33.7 Å². The monoisotopic (exact) mass is 430 g/mol. The lowest BCUT2D eigenvalue weighted by Crippen LogP contribution is -2.49. The molecule has 0 spiro atoms. The average molecular weight is 431 g/mol. The van der Waals surface area contributed by atoms with E-state index in [9.17, 15) is 22.4 Å². The van der Waals surface area contributed by atoms with Gasteiger partial charge >= 0.3 is 0 Å². The molecule has 6 nitrogen and oxygen atoms in total. The Hall–Kier alpha value is -2.58. The largest absolute Gasteiger partial charge is 0.274 e. The van der Waals surface area contributed by atoms with Crippen molar-refractivity contribution in [1.82, 2.24) is 4.31 Å². The van der Waals surface area contributed by atoms with Crippen LogP contribution in [-0.2, 0) is 19.6 Å². The number of carbonyl (C=O) groups excluding carboxylic acids is 2. The van der Waals surface area contributed by atoms with Gasteiger partial charge in [0.2, 0.25) is 15.9 Å². The second-order valence-corrected chi connectivity index (χ2v) is 9.69. The molecule has 0 radical (unpaired) electrons. The van der Waals surface area contributed by atoms with Crippen LogP contribution in [-0.4, -0.2) is 36.6 Å². The van der Waals surface area contributed by atoms with Gasteiger partial charge in [0.1, 0.15) is 11.9 Å². The van der Waals surface area contributed by atoms with Gasteiger partial charge < -0.3 is 0 Å². The SMILES string of the molecule is Cc1ccc(S(=O)(=O)N(C2CCCC2)C2CC(=O)N(c3ccc(F)cc3)C2=O)cc1. The van der Waals surface area contributed by atoms with E-state index in [1.807, 2.05) is 6.92 Å². The van der Waals surface area contributed by atoms with Crippen LogP contribution in [0.4, 0.5) is 10.1 Å². The van der Waals surface area contributed by atoms with Crippen molar-refractivity contribution < 1.29 is 22.4 Å². The number of aryl methyl sites for hydroxylation is 1. The summed E-state index contributed by atoms with van der Waals surface area (Å²) in [5.74, 6) is -1.56. The molecule has 1 aliphatic carbocycles. The van der Waals surface area contributed by atoms with E-state index in [-0.39, 0.29) is 23.0 Å². The third-order valence-electron chi connectivity index (χ3n) is 5.80. The fourth-order valence-electron chi connectivity index (χ4n) is 4.29. The van der Waals surface area contributed by atoms with Crippen molar-refractivity contribution >= 4 is 27.5 Å². The summed E-state index contributed by atoms with van der Waals surface area (Å²) in [6.07, 6.45) is 2.83. The molecule has 1 unspecified atom stereocenters. The Kier molecular flexibility index (Phi) is 5.46. The lowest BCUT2D eigenvalue weighted by molar-refractivity contribution is -0.122. The van der Waals surface area contributed by atoms with Gasteiger partial charge in [-0.15, -0.1) is 0 Å². The molecular formula is C22H23FN2O4S. The van der Waals surface area contributed by atoms with Crippen molar-refractivity contribution in [3.63, 3.8) is 0 Å². The summed E-state index contributed by atoms with van der Waals surface area (Å²) in [6.45, 7) is 1.87. The molecule has 0 bridgehead atoms. The molecule has 1 aliphatic heterocycles. The molecule has 2 aromatic rings. The molecule has 2 aromatic carbocycles. The standard InChI is InChI=1S/C22H23FN2O4S/c1-15-6-12-19(13-7-15)30(28,29)25(18-4-2-3-5-18)20-14-21(26)24(22(20)27)17-10-8-16(23)9-11-17/h6-13,18,20H,2-5,14H2,1H3. The number of hydrogen-bond donors (Lipinski definition) is 0. The topological polar surface area (TPSA) is 74.8 Å². The number of halogens is 1. The van der Waals surface area contributed by atoms with Crippen molar-refractivity contribution in [1.29, 1.82) is 0 Å². The minimum atomic E-state index is -3.98. The summed E-state index contributed by atoms with van der Waals surface area (Å²) in [4.78, 5) is 27.0. The van der Waals surface area contributed by atoms with Crippen molar-refractivity contribution in [2.24, 2.45) is 0 Å². The van der Waals surface area contributed by atoms with Gasteiger partial charge in [-0.1, -0.05) is 30.5 Å². The Morgan fingerprint density at radius 1 is 0.967 bits per heavy atom. The van der Waals surface area contributed by atoms with Gasteiger partial charge in [0.15, 0.2) is 0 Å². The van der Waals surface area contributed by atoms with Crippen molar-refractivity contribution in [2.45, 2.75) is 56.0 Å². The maximum Gasteiger partial charge on any atom is 0.252 e. The normalized spacial score (nSPS) is 20.5. The van der Waals surface area contributed by atoms with E-state index in [1.54, 1.807) is 12.1 Å². The van der Waals surface area contributed by atoms with Crippen LogP contribution >= 0.6 is 0 Å². The first-order chi connectivity index (χ1) is 14.3. The van der Waals surface area contributed by atoms with Crippen molar-refractivity contribution in [3.05, 3.63) is 59.9 Å². The number of amides is 2. The first-order valence-electron chi connectivity index (χ1n) is 10.0. The number of nitrogens with zero attached hydrogens (tertiary/aromatic N) is 2. The molecule has 30 heavy (non-hydrogen) atoms. The Morgan fingerprint density at radius 2 is 1.57 bits per heavy atom. The molecule has 2 aliphatic rings. The summed E-state index contributed by atoms with van der Waals surface area (Å²) in [5.41, 5.74) is 1.17. The molecule has 1 saturated carbocycles.